The zero-order valence-electron chi connectivity index (χ0n) is 10.0. The van der Waals surface area contributed by atoms with Gasteiger partial charge < -0.3 is 10.1 Å². The van der Waals surface area contributed by atoms with Crippen molar-refractivity contribution in [2.45, 2.75) is 51.3 Å². The molecule has 0 saturated heterocycles. The van der Waals surface area contributed by atoms with Gasteiger partial charge in [-0.3, -0.25) is 0 Å². The summed E-state index contributed by atoms with van der Waals surface area (Å²) in [6.07, 6.45) is 5.31. The van der Waals surface area contributed by atoms with Crippen LogP contribution in [0.1, 0.15) is 36.4 Å². The Bertz CT molecular complexity index is 319. The molecular weight excluding hydrogens is 220 g/mol. The van der Waals surface area contributed by atoms with Gasteiger partial charge in [0, 0.05) is 30.8 Å². The molecule has 0 aliphatic heterocycles. The number of nitrogens with one attached hydrogen (secondary N) is 1. The van der Waals surface area contributed by atoms with E-state index in [0.29, 0.717) is 12.1 Å². The van der Waals surface area contributed by atoms with Crippen LogP contribution >= 0.6 is 11.3 Å². The lowest BCUT2D eigenvalue weighted by Gasteiger charge is -2.28. The normalized spacial score (nSPS) is 25.9. The summed E-state index contributed by atoms with van der Waals surface area (Å²) in [6.45, 7) is 2.96. The molecule has 0 spiro atoms. The molecule has 1 aliphatic rings. The number of methoxy groups -OCH3 is 1. The molecule has 1 aromatic heterocycles. The molecule has 0 atom stereocenters. The van der Waals surface area contributed by atoms with Gasteiger partial charge in [-0.05, 0) is 32.6 Å². The Balaban J connectivity index is 1.71. The summed E-state index contributed by atoms with van der Waals surface area (Å²) in [6, 6.07) is 0.649. The monoisotopic (exact) mass is 240 g/mol. The molecule has 16 heavy (non-hydrogen) atoms. The van der Waals surface area contributed by atoms with E-state index in [2.05, 4.69) is 15.7 Å². The van der Waals surface area contributed by atoms with Crippen molar-refractivity contribution in [2.24, 2.45) is 0 Å². The summed E-state index contributed by atoms with van der Waals surface area (Å²) in [5.74, 6) is 0. The predicted molar refractivity (Wildman–Crippen MR) is 66.7 cm³/mol. The van der Waals surface area contributed by atoms with Gasteiger partial charge in [0.1, 0.15) is 5.01 Å². The van der Waals surface area contributed by atoms with Crippen molar-refractivity contribution in [3.63, 3.8) is 0 Å². The van der Waals surface area contributed by atoms with Crippen LogP contribution in [-0.2, 0) is 11.3 Å². The number of nitrogens with zero attached hydrogens (tertiary/aromatic N) is 1. The lowest BCUT2D eigenvalue weighted by Crippen LogP contribution is -2.34. The summed E-state index contributed by atoms with van der Waals surface area (Å²) in [4.78, 5) is 4.46. The van der Waals surface area contributed by atoms with E-state index in [4.69, 9.17) is 4.74 Å². The van der Waals surface area contributed by atoms with E-state index in [1.807, 2.05) is 14.0 Å². The van der Waals surface area contributed by atoms with E-state index < -0.39 is 0 Å². The van der Waals surface area contributed by atoms with Gasteiger partial charge in [-0.25, -0.2) is 4.98 Å². The van der Waals surface area contributed by atoms with Crippen LogP contribution in [0.25, 0.3) is 0 Å². The Morgan fingerprint density at radius 3 is 2.75 bits per heavy atom. The maximum absolute atomic E-state index is 5.37. The molecule has 0 unspecified atom stereocenters. The zero-order valence-corrected chi connectivity index (χ0v) is 10.8. The molecule has 4 heteroatoms. The van der Waals surface area contributed by atoms with Crippen molar-refractivity contribution in [3.8, 4) is 0 Å². The fraction of sp³-hybridized carbons (Fsp3) is 0.750. The zero-order chi connectivity index (χ0) is 11.4. The largest absolute Gasteiger partial charge is 0.381 e. The summed E-state index contributed by atoms with van der Waals surface area (Å²) in [7, 11) is 1.82. The van der Waals surface area contributed by atoms with E-state index in [1.165, 1.54) is 30.7 Å². The fourth-order valence-corrected chi connectivity index (χ4v) is 2.94. The highest BCUT2D eigenvalue weighted by Crippen LogP contribution is 2.21. The van der Waals surface area contributed by atoms with E-state index in [-0.39, 0.29) is 0 Å². The second kappa shape index (κ2) is 5.75. The predicted octanol–water partition coefficient (Wildman–Crippen LogP) is 2.50. The minimum absolute atomic E-state index is 0.486. The van der Waals surface area contributed by atoms with E-state index >= 15 is 0 Å². The molecular formula is C12H20N2OS. The summed E-state index contributed by atoms with van der Waals surface area (Å²) < 4.78 is 5.37. The molecule has 2 rings (SSSR count). The van der Waals surface area contributed by atoms with Crippen LogP contribution in [0.5, 0.6) is 0 Å². The van der Waals surface area contributed by atoms with Crippen LogP contribution in [0.15, 0.2) is 5.38 Å². The van der Waals surface area contributed by atoms with Gasteiger partial charge in [0.05, 0.1) is 6.10 Å². The SMILES string of the molecule is COC1CCC(NCc2nc(C)cs2)CC1. The first kappa shape index (κ1) is 12.0. The van der Waals surface area contributed by atoms with E-state index in [1.54, 1.807) is 11.3 Å². The van der Waals surface area contributed by atoms with Crippen molar-refractivity contribution in [2.75, 3.05) is 7.11 Å². The molecule has 90 valence electrons. The highest BCUT2D eigenvalue weighted by molar-refractivity contribution is 7.09. The van der Waals surface area contributed by atoms with Gasteiger partial charge in [-0.2, -0.15) is 0 Å². The minimum Gasteiger partial charge on any atom is -0.381 e. The number of hydrogen-bond donors (Lipinski definition) is 1. The van der Waals surface area contributed by atoms with Crippen molar-refractivity contribution in [1.82, 2.24) is 10.3 Å². The van der Waals surface area contributed by atoms with E-state index in [0.717, 1.165) is 12.2 Å². The summed E-state index contributed by atoms with van der Waals surface area (Å²) >= 11 is 1.74. The molecule has 3 nitrogen and oxygen atoms in total. The lowest BCUT2D eigenvalue weighted by molar-refractivity contribution is 0.0624. The maximum atomic E-state index is 5.37. The van der Waals surface area contributed by atoms with Crippen LogP contribution < -0.4 is 5.32 Å². The van der Waals surface area contributed by atoms with Crippen molar-refractivity contribution in [1.29, 1.82) is 0 Å². The first-order valence-corrected chi connectivity index (χ1v) is 6.83. The number of aryl methyl sites for hydroxylation is 1. The van der Waals surface area contributed by atoms with Crippen LogP contribution in [0.2, 0.25) is 0 Å². The summed E-state index contributed by atoms with van der Waals surface area (Å²) in [5, 5.41) is 6.90. The lowest BCUT2D eigenvalue weighted by atomic mass is 9.93. The second-order valence-corrected chi connectivity index (χ2v) is 5.42. The molecule has 0 aromatic carbocycles. The van der Waals surface area contributed by atoms with Gasteiger partial charge in [0.25, 0.3) is 0 Å². The quantitative estimate of drug-likeness (QED) is 0.878. The van der Waals surface area contributed by atoms with Crippen molar-refractivity contribution in [3.05, 3.63) is 16.1 Å². The molecule has 1 heterocycles. The topological polar surface area (TPSA) is 34.1 Å². The standard InChI is InChI=1S/C12H20N2OS/c1-9-8-16-12(14-9)7-13-10-3-5-11(15-2)6-4-10/h8,10-11,13H,3-7H2,1-2H3. The first-order chi connectivity index (χ1) is 7.78. The molecule has 1 fully saturated rings. The molecule has 1 aliphatic carbocycles. The van der Waals surface area contributed by atoms with Gasteiger partial charge in [-0.15, -0.1) is 11.3 Å². The third-order valence-electron chi connectivity index (χ3n) is 3.22. The van der Waals surface area contributed by atoms with E-state index in [9.17, 15) is 0 Å². The Kier molecular flexibility index (Phi) is 4.32. The number of hydrogen-bond acceptors (Lipinski definition) is 4. The third kappa shape index (κ3) is 3.27. The molecule has 0 bridgehead atoms. The number of rotatable bonds is 4. The first-order valence-electron chi connectivity index (χ1n) is 5.95. The summed E-state index contributed by atoms with van der Waals surface area (Å²) in [5.41, 5.74) is 1.13. The Hall–Kier alpha value is -0.450. The average Bonchev–Trinajstić information content (AvgIpc) is 2.73. The third-order valence-corrected chi connectivity index (χ3v) is 4.18. The molecule has 1 aromatic rings. The van der Waals surface area contributed by atoms with Gasteiger partial charge in [0.2, 0.25) is 0 Å². The van der Waals surface area contributed by atoms with Crippen LogP contribution in [0.3, 0.4) is 0 Å². The van der Waals surface area contributed by atoms with Crippen LogP contribution in [0.4, 0.5) is 0 Å². The minimum atomic E-state index is 0.486. The number of thiazole rings is 1. The smallest absolute Gasteiger partial charge is 0.107 e. The van der Waals surface area contributed by atoms with Crippen LogP contribution in [-0.4, -0.2) is 24.2 Å². The van der Waals surface area contributed by atoms with Crippen molar-refractivity contribution < 1.29 is 4.74 Å². The highest BCUT2D eigenvalue weighted by Gasteiger charge is 2.20. The Labute approximate surface area is 101 Å². The fourth-order valence-electron chi connectivity index (χ4n) is 2.22. The number of aromatic nitrogens is 1. The highest BCUT2D eigenvalue weighted by atomic mass is 32.1. The van der Waals surface area contributed by atoms with Crippen LogP contribution in [0, 0.1) is 6.92 Å². The maximum Gasteiger partial charge on any atom is 0.107 e. The van der Waals surface area contributed by atoms with Crippen molar-refractivity contribution >= 4 is 11.3 Å². The molecule has 0 amide bonds. The molecule has 1 saturated carbocycles. The number of ether oxygens (including phenoxy) is 1. The molecule has 0 radical (unpaired) electrons. The molecule has 1 N–H and O–H groups in total. The Morgan fingerprint density at radius 1 is 1.44 bits per heavy atom. The average molecular weight is 240 g/mol. The second-order valence-electron chi connectivity index (χ2n) is 4.47. The Morgan fingerprint density at radius 2 is 2.19 bits per heavy atom. The van der Waals surface area contributed by atoms with Gasteiger partial charge >= 0.3 is 0 Å². The van der Waals surface area contributed by atoms with Gasteiger partial charge in [0.15, 0.2) is 0 Å². The van der Waals surface area contributed by atoms with Gasteiger partial charge in [-0.1, -0.05) is 0 Å².